The highest BCUT2D eigenvalue weighted by atomic mass is 16.5. The zero-order valence-corrected chi connectivity index (χ0v) is 8.88. The van der Waals surface area contributed by atoms with Crippen molar-refractivity contribution in [3.63, 3.8) is 0 Å². The van der Waals surface area contributed by atoms with Crippen molar-refractivity contribution < 1.29 is 14.7 Å². The lowest BCUT2D eigenvalue weighted by Gasteiger charge is -2.02. The van der Waals surface area contributed by atoms with Gasteiger partial charge in [-0.05, 0) is 23.4 Å². The summed E-state index contributed by atoms with van der Waals surface area (Å²) in [6.45, 7) is 0. The Kier molecular flexibility index (Phi) is 2.40. The van der Waals surface area contributed by atoms with Gasteiger partial charge in [-0.1, -0.05) is 0 Å². The van der Waals surface area contributed by atoms with Gasteiger partial charge < -0.3 is 19.6 Å². The Morgan fingerprint density at radius 1 is 1.19 bits per heavy atom. The fourth-order valence-corrected chi connectivity index (χ4v) is 1.17. The molecule has 0 spiro atoms. The summed E-state index contributed by atoms with van der Waals surface area (Å²) in [6.07, 6.45) is 0. The molecule has 2 aromatic rings. The van der Waals surface area contributed by atoms with Crippen molar-refractivity contribution in [3.05, 3.63) is 18.2 Å². The Morgan fingerprint density at radius 3 is 2.50 bits per heavy atom. The Labute approximate surface area is 91.8 Å². The van der Waals surface area contributed by atoms with E-state index in [2.05, 4.69) is 10.1 Å². The van der Waals surface area contributed by atoms with E-state index in [4.69, 9.17) is 9.63 Å². The van der Waals surface area contributed by atoms with Crippen molar-refractivity contribution in [1.82, 2.24) is 10.1 Å². The second-order valence-electron chi connectivity index (χ2n) is 3.50. The maximum absolute atomic E-state index is 9.33. The number of aromatic nitrogens is 2. The Bertz CT molecular complexity index is 508. The molecule has 1 heterocycles. The summed E-state index contributed by atoms with van der Waals surface area (Å²) in [6, 6.07) is 4.31. The van der Waals surface area contributed by atoms with Gasteiger partial charge in [0.1, 0.15) is 0 Å². The van der Waals surface area contributed by atoms with Gasteiger partial charge in [-0.15, -0.1) is 0 Å². The largest absolute Gasteiger partial charge is 0.504 e. The second-order valence-corrected chi connectivity index (χ2v) is 3.50. The van der Waals surface area contributed by atoms with Crippen LogP contribution < -0.4 is 4.90 Å². The molecule has 1 aromatic carbocycles. The second kappa shape index (κ2) is 3.73. The number of anilines is 1. The summed E-state index contributed by atoms with van der Waals surface area (Å²) >= 11 is 0. The lowest BCUT2D eigenvalue weighted by Crippen LogP contribution is -2.09. The molecule has 16 heavy (non-hydrogen) atoms. The molecule has 0 aliphatic heterocycles. The quantitative estimate of drug-likeness (QED) is 0.742. The highest BCUT2D eigenvalue weighted by Gasteiger charge is 2.11. The van der Waals surface area contributed by atoms with E-state index in [0.717, 1.165) is 0 Å². The molecule has 2 N–H and O–H groups in total. The molecule has 0 saturated carbocycles. The first-order chi connectivity index (χ1) is 7.58. The fraction of sp³-hybridized carbons (Fsp3) is 0.200. The summed E-state index contributed by atoms with van der Waals surface area (Å²) in [5.41, 5.74) is 0.552. The van der Waals surface area contributed by atoms with Crippen molar-refractivity contribution in [1.29, 1.82) is 0 Å². The molecule has 0 saturated heterocycles. The van der Waals surface area contributed by atoms with Gasteiger partial charge in [-0.25, -0.2) is 0 Å². The number of phenols is 2. The molecule has 0 aliphatic rings. The monoisotopic (exact) mass is 221 g/mol. The number of aromatic hydroxyl groups is 2. The average molecular weight is 221 g/mol. The van der Waals surface area contributed by atoms with Crippen LogP contribution in [-0.2, 0) is 0 Å². The third kappa shape index (κ3) is 1.77. The minimum absolute atomic E-state index is 0.184. The predicted octanol–water partition coefficient (Wildman–Crippen LogP) is 1.21. The van der Waals surface area contributed by atoms with Crippen LogP contribution in [0.5, 0.6) is 11.5 Å². The summed E-state index contributed by atoms with van der Waals surface area (Å²) in [5.74, 6) is 0.333. The summed E-state index contributed by atoms with van der Waals surface area (Å²) in [4.78, 5) is 5.81. The van der Waals surface area contributed by atoms with Gasteiger partial charge in [0, 0.05) is 19.7 Å². The van der Waals surface area contributed by atoms with E-state index in [9.17, 15) is 5.11 Å². The van der Waals surface area contributed by atoms with Gasteiger partial charge in [0.2, 0.25) is 0 Å². The van der Waals surface area contributed by atoms with Crippen LogP contribution in [0.1, 0.15) is 0 Å². The first-order valence-electron chi connectivity index (χ1n) is 4.61. The van der Waals surface area contributed by atoms with Gasteiger partial charge in [0.25, 0.3) is 11.8 Å². The molecule has 84 valence electrons. The maximum atomic E-state index is 9.33. The van der Waals surface area contributed by atoms with E-state index in [0.29, 0.717) is 17.4 Å². The predicted molar refractivity (Wildman–Crippen MR) is 57.4 cm³/mol. The molecule has 0 radical (unpaired) electrons. The van der Waals surface area contributed by atoms with Gasteiger partial charge in [0.05, 0.1) is 0 Å². The van der Waals surface area contributed by atoms with Gasteiger partial charge in [-0.2, -0.15) is 4.98 Å². The molecule has 0 bridgehead atoms. The standard InChI is InChI=1S/C10H11N3O3/c1-13(2)10-11-9(16-12-10)6-3-4-7(14)8(15)5-6/h3-5,14-15H,1-2H3. The topological polar surface area (TPSA) is 82.6 Å². The van der Waals surface area contributed by atoms with E-state index in [1.807, 2.05) is 0 Å². The Morgan fingerprint density at radius 2 is 1.94 bits per heavy atom. The SMILES string of the molecule is CN(C)c1noc(-c2ccc(O)c(O)c2)n1. The highest BCUT2D eigenvalue weighted by Crippen LogP contribution is 2.30. The number of benzene rings is 1. The van der Waals surface area contributed by atoms with E-state index < -0.39 is 0 Å². The minimum atomic E-state index is -0.220. The van der Waals surface area contributed by atoms with Crippen LogP contribution in [0.4, 0.5) is 5.95 Å². The molecule has 6 heteroatoms. The summed E-state index contributed by atoms with van der Waals surface area (Å²) < 4.78 is 5.01. The van der Waals surface area contributed by atoms with Gasteiger partial charge in [0.15, 0.2) is 11.5 Å². The number of hydrogen-bond acceptors (Lipinski definition) is 6. The van der Waals surface area contributed by atoms with E-state index >= 15 is 0 Å². The fourth-order valence-electron chi connectivity index (χ4n) is 1.17. The maximum Gasteiger partial charge on any atom is 0.265 e. The number of nitrogens with zero attached hydrogens (tertiary/aromatic N) is 3. The molecule has 2 rings (SSSR count). The van der Waals surface area contributed by atoms with Crippen LogP contribution in [0.3, 0.4) is 0 Å². The highest BCUT2D eigenvalue weighted by molar-refractivity contribution is 5.59. The minimum Gasteiger partial charge on any atom is -0.504 e. The molecular formula is C10H11N3O3. The first kappa shape index (κ1) is 10.3. The van der Waals surface area contributed by atoms with Crippen molar-refractivity contribution in [3.8, 4) is 23.0 Å². The third-order valence-electron chi connectivity index (χ3n) is 2.04. The van der Waals surface area contributed by atoms with Gasteiger partial charge >= 0.3 is 0 Å². The van der Waals surface area contributed by atoms with Crippen LogP contribution in [0, 0.1) is 0 Å². The van der Waals surface area contributed by atoms with Crippen LogP contribution in [0.2, 0.25) is 0 Å². The lowest BCUT2D eigenvalue weighted by atomic mass is 10.2. The molecule has 0 atom stereocenters. The van der Waals surface area contributed by atoms with Crippen molar-refractivity contribution >= 4 is 5.95 Å². The van der Waals surface area contributed by atoms with E-state index in [1.165, 1.54) is 12.1 Å². The molecule has 0 unspecified atom stereocenters. The molecule has 0 fully saturated rings. The van der Waals surface area contributed by atoms with Crippen LogP contribution >= 0.6 is 0 Å². The zero-order valence-electron chi connectivity index (χ0n) is 8.88. The van der Waals surface area contributed by atoms with Crippen LogP contribution in [-0.4, -0.2) is 34.4 Å². The third-order valence-corrected chi connectivity index (χ3v) is 2.04. The smallest absolute Gasteiger partial charge is 0.265 e. The number of hydrogen-bond donors (Lipinski definition) is 2. The molecule has 0 amide bonds. The zero-order chi connectivity index (χ0) is 11.7. The molecule has 1 aromatic heterocycles. The molecular weight excluding hydrogens is 210 g/mol. The Hall–Kier alpha value is -2.24. The van der Waals surface area contributed by atoms with E-state index in [1.54, 1.807) is 25.1 Å². The number of rotatable bonds is 2. The van der Waals surface area contributed by atoms with Crippen molar-refractivity contribution in [2.24, 2.45) is 0 Å². The van der Waals surface area contributed by atoms with Crippen molar-refractivity contribution in [2.45, 2.75) is 0 Å². The van der Waals surface area contributed by atoms with Crippen LogP contribution in [0.25, 0.3) is 11.5 Å². The van der Waals surface area contributed by atoms with Crippen molar-refractivity contribution in [2.75, 3.05) is 19.0 Å². The normalized spacial score (nSPS) is 10.4. The van der Waals surface area contributed by atoms with E-state index in [-0.39, 0.29) is 11.5 Å². The summed E-state index contributed by atoms with van der Waals surface area (Å²) in [5, 5.41) is 22.2. The lowest BCUT2D eigenvalue weighted by molar-refractivity contribution is 0.402. The first-order valence-corrected chi connectivity index (χ1v) is 4.61. The van der Waals surface area contributed by atoms with Crippen LogP contribution in [0.15, 0.2) is 22.7 Å². The average Bonchev–Trinajstić information content (AvgIpc) is 2.71. The molecule has 6 nitrogen and oxygen atoms in total. The number of phenolic OH excluding ortho intramolecular Hbond substituents is 2. The summed E-state index contributed by atoms with van der Waals surface area (Å²) in [7, 11) is 3.59. The molecule has 0 aliphatic carbocycles. The Balaban J connectivity index is 2.39. The van der Waals surface area contributed by atoms with Gasteiger partial charge in [-0.3, -0.25) is 0 Å².